The van der Waals surface area contributed by atoms with Gasteiger partial charge in [0, 0.05) is 23.1 Å². The minimum atomic E-state index is -0.491. The van der Waals surface area contributed by atoms with Crippen LogP contribution in [0.2, 0.25) is 5.02 Å². The van der Waals surface area contributed by atoms with Crippen LogP contribution in [0.15, 0.2) is 22.7 Å². The van der Waals surface area contributed by atoms with Gasteiger partial charge in [0.25, 0.3) is 5.91 Å². The number of amides is 2. The zero-order chi connectivity index (χ0) is 20.9. The molecule has 2 N–H and O–H groups in total. The van der Waals surface area contributed by atoms with Gasteiger partial charge in [-0.15, -0.1) is 0 Å². The molecule has 1 heterocycles. The van der Waals surface area contributed by atoms with Gasteiger partial charge in [0.05, 0.1) is 23.1 Å². The first-order valence-electron chi connectivity index (χ1n) is 9.33. The summed E-state index contributed by atoms with van der Waals surface area (Å²) in [5, 5.41) is 5.86. The van der Waals surface area contributed by atoms with Crippen LogP contribution >= 0.6 is 27.5 Å². The van der Waals surface area contributed by atoms with Crippen LogP contribution in [-0.4, -0.2) is 44.6 Å². The molecular formula is C19H27BBrClN2O4. The highest BCUT2D eigenvalue weighted by Gasteiger charge is 2.39. The predicted molar refractivity (Wildman–Crippen MR) is 114 cm³/mol. The Labute approximate surface area is 180 Å². The van der Waals surface area contributed by atoms with Crippen molar-refractivity contribution in [2.45, 2.75) is 40.1 Å². The van der Waals surface area contributed by atoms with Crippen molar-refractivity contribution in [2.75, 3.05) is 19.8 Å². The molecule has 0 saturated carbocycles. The van der Waals surface area contributed by atoms with Gasteiger partial charge in [-0.2, -0.15) is 0 Å². The molecule has 0 radical (unpaired) electrons. The molecule has 1 aliphatic rings. The molecule has 1 fully saturated rings. The number of hydrogen-bond acceptors (Lipinski definition) is 4. The number of nitrogens with one attached hydrogen (secondary N) is 2. The predicted octanol–water partition coefficient (Wildman–Crippen LogP) is 3.46. The minimum absolute atomic E-state index is 0.0416. The highest BCUT2D eigenvalue weighted by Crippen LogP contribution is 2.24. The molecule has 2 rings (SSSR count). The van der Waals surface area contributed by atoms with Crippen molar-refractivity contribution in [3.05, 3.63) is 33.3 Å². The second-order valence-corrected chi connectivity index (χ2v) is 9.59. The number of benzene rings is 1. The molecule has 154 valence electrons. The summed E-state index contributed by atoms with van der Waals surface area (Å²) in [5.74, 6) is -0.645. The first-order chi connectivity index (χ1) is 13.1. The molecule has 1 atom stereocenters. The van der Waals surface area contributed by atoms with Crippen molar-refractivity contribution < 1.29 is 18.9 Å². The molecule has 2 amide bonds. The van der Waals surface area contributed by atoms with Crippen LogP contribution in [0, 0.1) is 11.3 Å². The lowest BCUT2D eigenvalue weighted by Gasteiger charge is -2.36. The normalized spacial score (nSPS) is 17.3. The maximum absolute atomic E-state index is 12.4. The number of rotatable bonds is 7. The lowest BCUT2D eigenvalue weighted by molar-refractivity contribution is -0.120. The summed E-state index contributed by atoms with van der Waals surface area (Å²) in [6.07, 6.45) is 0.711. The van der Waals surface area contributed by atoms with Gasteiger partial charge in [-0.3, -0.25) is 9.59 Å². The maximum Gasteiger partial charge on any atom is 0.480 e. The maximum atomic E-state index is 12.4. The number of hydrogen-bond donors (Lipinski definition) is 2. The first-order valence-corrected chi connectivity index (χ1v) is 10.5. The van der Waals surface area contributed by atoms with Crippen LogP contribution < -0.4 is 10.6 Å². The van der Waals surface area contributed by atoms with E-state index in [2.05, 4.69) is 54.3 Å². The number of carbonyl (C=O) groups is 2. The van der Waals surface area contributed by atoms with Gasteiger partial charge in [-0.25, -0.2) is 0 Å². The van der Waals surface area contributed by atoms with Crippen LogP contribution in [0.25, 0.3) is 0 Å². The van der Waals surface area contributed by atoms with Crippen LogP contribution in [0.3, 0.4) is 0 Å². The third kappa shape index (κ3) is 7.06. The van der Waals surface area contributed by atoms with Gasteiger partial charge >= 0.3 is 7.12 Å². The molecule has 1 aromatic rings. The molecule has 1 aromatic carbocycles. The van der Waals surface area contributed by atoms with Gasteiger partial charge in [0.15, 0.2) is 0 Å². The summed E-state index contributed by atoms with van der Waals surface area (Å²) >= 11 is 9.36. The van der Waals surface area contributed by atoms with Crippen molar-refractivity contribution >= 4 is 46.5 Å². The fourth-order valence-electron chi connectivity index (χ4n) is 2.87. The van der Waals surface area contributed by atoms with E-state index in [-0.39, 0.29) is 23.8 Å². The Hall–Kier alpha value is -1.09. The summed E-state index contributed by atoms with van der Waals surface area (Å²) in [6.45, 7) is 9.27. The number of carbonyl (C=O) groups excluding carboxylic acids is 2. The van der Waals surface area contributed by atoms with Gasteiger partial charge in [-0.1, -0.05) is 55.2 Å². The largest absolute Gasteiger partial charge is 0.480 e. The van der Waals surface area contributed by atoms with E-state index in [0.717, 1.165) is 4.47 Å². The van der Waals surface area contributed by atoms with Crippen LogP contribution in [-0.2, 0) is 14.1 Å². The Balaban J connectivity index is 1.92. The second-order valence-electron chi connectivity index (χ2n) is 8.27. The van der Waals surface area contributed by atoms with E-state index in [1.165, 1.54) is 0 Å². The van der Waals surface area contributed by atoms with E-state index in [9.17, 15) is 9.59 Å². The van der Waals surface area contributed by atoms with Crippen LogP contribution in [0.1, 0.15) is 44.5 Å². The molecule has 0 unspecified atom stereocenters. The quantitative estimate of drug-likeness (QED) is 0.595. The third-order valence-corrected chi connectivity index (χ3v) is 5.08. The Bertz CT molecular complexity index is 707. The zero-order valence-corrected chi connectivity index (χ0v) is 19.0. The van der Waals surface area contributed by atoms with E-state index >= 15 is 0 Å². The summed E-state index contributed by atoms with van der Waals surface area (Å²) in [7, 11) is -0.491. The third-order valence-electron chi connectivity index (χ3n) is 4.26. The van der Waals surface area contributed by atoms with Crippen molar-refractivity contribution in [1.29, 1.82) is 0 Å². The van der Waals surface area contributed by atoms with Gasteiger partial charge in [0.2, 0.25) is 5.91 Å². The summed E-state index contributed by atoms with van der Waals surface area (Å²) in [6, 6.07) is 4.98. The minimum Gasteiger partial charge on any atom is -0.409 e. The molecule has 0 aromatic heterocycles. The highest BCUT2D eigenvalue weighted by molar-refractivity contribution is 9.10. The standard InChI is InChI=1S/C19H27BBrClN2O4/c1-12(2)7-16(20-27-10-19(3,4)11-28-20)24-17(25)9-23-18(26)14-8-13(21)5-6-15(14)22/h5-6,8,12,16H,7,9-11H2,1-4H3,(H,23,26)(H,24,25)/t16-/m0/s1. The second kappa shape index (κ2) is 10.1. The van der Waals surface area contributed by atoms with Crippen molar-refractivity contribution in [2.24, 2.45) is 11.3 Å². The molecule has 6 nitrogen and oxygen atoms in total. The summed E-state index contributed by atoms with van der Waals surface area (Å²) < 4.78 is 12.4. The van der Waals surface area contributed by atoms with E-state index in [0.29, 0.717) is 36.1 Å². The Morgan fingerprint density at radius 1 is 1.29 bits per heavy atom. The molecular weight excluding hydrogens is 446 g/mol. The Morgan fingerprint density at radius 3 is 2.54 bits per heavy atom. The lowest BCUT2D eigenvalue weighted by Crippen LogP contribution is -2.55. The van der Waals surface area contributed by atoms with Crippen molar-refractivity contribution in [3.8, 4) is 0 Å². The van der Waals surface area contributed by atoms with Gasteiger partial charge in [0.1, 0.15) is 0 Å². The molecule has 0 bridgehead atoms. The Kier molecular flexibility index (Phi) is 8.36. The average molecular weight is 474 g/mol. The molecule has 0 aliphatic carbocycles. The van der Waals surface area contributed by atoms with Gasteiger partial charge in [-0.05, 0) is 30.5 Å². The summed E-state index contributed by atoms with van der Waals surface area (Å²) in [4.78, 5) is 24.7. The SMILES string of the molecule is CC(C)C[C@H](NC(=O)CNC(=O)c1cc(Br)ccc1Cl)B1OCC(C)(C)CO1. The topological polar surface area (TPSA) is 76.7 Å². The van der Waals surface area contributed by atoms with E-state index in [4.69, 9.17) is 20.9 Å². The fourth-order valence-corrected chi connectivity index (χ4v) is 3.43. The zero-order valence-electron chi connectivity index (χ0n) is 16.7. The highest BCUT2D eigenvalue weighted by atomic mass is 79.9. The average Bonchev–Trinajstić information content (AvgIpc) is 2.61. The molecule has 0 spiro atoms. The van der Waals surface area contributed by atoms with E-state index in [1.807, 2.05) is 0 Å². The fraction of sp³-hybridized carbons (Fsp3) is 0.579. The molecule has 1 saturated heterocycles. The monoisotopic (exact) mass is 472 g/mol. The van der Waals surface area contributed by atoms with E-state index in [1.54, 1.807) is 18.2 Å². The van der Waals surface area contributed by atoms with Crippen LogP contribution in [0.5, 0.6) is 0 Å². The Morgan fingerprint density at radius 2 is 1.93 bits per heavy atom. The van der Waals surface area contributed by atoms with Crippen molar-refractivity contribution in [3.63, 3.8) is 0 Å². The molecule has 9 heteroatoms. The lowest BCUT2D eigenvalue weighted by atomic mass is 9.71. The molecule has 28 heavy (non-hydrogen) atoms. The van der Waals surface area contributed by atoms with Crippen LogP contribution in [0.4, 0.5) is 0 Å². The van der Waals surface area contributed by atoms with Crippen molar-refractivity contribution in [1.82, 2.24) is 10.6 Å². The molecule has 1 aliphatic heterocycles. The smallest absolute Gasteiger partial charge is 0.409 e. The first kappa shape index (κ1) is 23.2. The number of halogens is 2. The summed E-state index contributed by atoms with van der Waals surface area (Å²) in [5.41, 5.74) is 0.267. The van der Waals surface area contributed by atoms with E-state index < -0.39 is 13.0 Å². The van der Waals surface area contributed by atoms with Gasteiger partial charge < -0.3 is 19.9 Å².